The molecule has 0 N–H and O–H groups in total. The summed E-state index contributed by atoms with van der Waals surface area (Å²) in [5, 5.41) is 6.03. The molecule has 3 aromatic rings. The maximum Gasteiger partial charge on any atom is 0.282 e. The van der Waals surface area contributed by atoms with E-state index >= 15 is 0 Å². The van der Waals surface area contributed by atoms with Gasteiger partial charge in [0.1, 0.15) is 4.47 Å². The molecule has 0 amide bonds. The van der Waals surface area contributed by atoms with Gasteiger partial charge in [-0.05, 0) is 31.9 Å². The number of hydrogen-bond acceptors (Lipinski definition) is 4. The van der Waals surface area contributed by atoms with Crippen LogP contribution in [-0.2, 0) is 6.54 Å². The van der Waals surface area contributed by atoms with Gasteiger partial charge in [-0.25, -0.2) is 9.67 Å². The number of thiazole rings is 1. The number of halogens is 2. The number of hydrogen-bond donors (Lipinski definition) is 0. The lowest BCUT2D eigenvalue weighted by Gasteiger charge is -2.03. The third-order valence-electron chi connectivity index (χ3n) is 2.40. The van der Waals surface area contributed by atoms with Crippen LogP contribution in [0.25, 0.3) is 4.96 Å². The summed E-state index contributed by atoms with van der Waals surface area (Å²) in [7, 11) is 0. The number of nitrogens with zero attached hydrogens (tertiary/aromatic N) is 4. The van der Waals surface area contributed by atoms with E-state index in [1.165, 1.54) is 4.68 Å². The van der Waals surface area contributed by atoms with Crippen LogP contribution in [0.15, 0.2) is 37.7 Å². The van der Waals surface area contributed by atoms with Gasteiger partial charge in [-0.2, -0.15) is 5.10 Å². The molecule has 5 nitrogen and oxygen atoms in total. The molecule has 0 aliphatic rings. The van der Waals surface area contributed by atoms with Gasteiger partial charge in [0.2, 0.25) is 0 Å². The van der Waals surface area contributed by atoms with Crippen molar-refractivity contribution in [2.75, 3.05) is 0 Å². The lowest BCUT2D eigenvalue weighted by atomic mass is 10.4. The summed E-state index contributed by atoms with van der Waals surface area (Å²) in [5.74, 6) is 0. The predicted octanol–water partition coefficient (Wildman–Crippen LogP) is 2.53. The van der Waals surface area contributed by atoms with Gasteiger partial charge in [-0.3, -0.25) is 9.20 Å². The first-order chi connectivity index (χ1) is 8.65. The van der Waals surface area contributed by atoms with Crippen LogP contribution in [0.5, 0.6) is 0 Å². The largest absolute Gasteiger partial charge is 0.297 e. The molecule has 18 heavy (non-hydrogen) atoms. The minimum atomic E-state index is -0.180. The molecular weight excluding hydrogens is 384 g/mol. The lowest BCUT2D eigenvalue weighted by Crippen LogP contribution is -2.24. The van der Waals surface area contributed by atoms with Gasteiger partial charge in [0.15, 0.2) is 4.96 Å². The Morgan fingerprint density at radius 2 is 2.22 bits per heavy atom. The first-order valence-corrected chi connectivity index (χ1v) is 7.44. The Hall–Kier alpha value is -0.990. The van der Waals surface area contributed by atoms with E-state index in [-0.39, 0.29) is 5.56 Å². The average Bonchev–Trinajstić information content (AvgIpc) is 2.90. The fourth-order valence-electron chi connectivity index (χ4n) is 1.56. The summed E-state index contributed by atoms with van der Waals surface area (Å²) in [6.07, 6.45) is 5.42. The molecule has 0 spiro atoms. The molecule has 0 atom stereocenters. The van der Waals surface area contributed by atoms with Crippen molar-refractivity contribution in [1.29, 1.82) is 0 Å². The molecule has 0 unspecified atom stereocenters. The van der Waals surface area contributed by atoms with Crippen LogP contribution in [0.4, 0.5) is 0 Å². The number of fused-ring (bicyclic) bond motifs is 1. The highest BCUT2D eigenvalue weighted by molar-refractivity contribution is 9.13. The highest BCUT2D eigenvalue weighted by atomic mass is 79.9. The van der Waals surface area contributed by atoms with Crippen molar-refractivity contribution in [3.05, 3.63) is 49.0 Å². The standard InChI is InChI=1S/C10H6Br2N4OS/c11-7-3-13-16(9(17)8(7)12)5-6-4-15-1-2-18-10(15)14-6/h1-4H,5H2. The zero-order chi connectivity index (χ0) is 12.7. The van der Waals surface area contributed by atoms with Gasteiger partial charge < -0.3 is 0 Å². The van der Waals surface area contributed by atoms with Crippen molar-refractivity contribution < 1.29 is 0 Å². The number of imidazole rings is 1. The summed E-state index contributed by atoms with van der Waals surface area (Å²) in [4.78, 5) is 17.3. The molecule has 0 bridgehead atoms. The summed E-state index contributed by atoms with van der Waals surface area (Å²) in [5.41, 5.74) is 0.631. The summed E-state index contributed by atoms with van der Waals surface area (Å²) >= 11 is 8.03. The van der Waals surface area contributed by atoms with Crippen LogP contribution in [0.3, 0.4) is 0 Å². The third-order valence-corrected chi connectivity index (χ3v) is 5.07. The predicted molar refractivity (Wildman–Crippen MR) is 76.1 cm³/mol. The van der Waals surface area contributed by atoms with Crippen molar-refractivity contribution in [1.82, 2.24) is 19.2 Å². The normalized spacial score (nSPS) is 11.2. The first-order valence-electron chi connectivity index (χ1n) is 4.97. The summed E-state index contributed by atoms with van der Waals surface area (Å²) in [6.45, 7) is 0.360. The van der Waals surface area contributed by atoms with E-state index in [0.717, 1.165) is 10.7 Å². The molecule has 0 saturated carbocycles. The average molecular weight is 390 g/mol. The molecular formula is C10H6Br2N4OS. The molecule has 0 aliphatic carbocycles. The topological polar surface area (TPSA) is 52.2 Å². The van der Waals surface area contributed by atoms with Gasteiger partial charge >= 0.3 is 0 Å². The number of aromatic nitrogens is 4. The van der Waals surface area contributed by atoms with E-state index in [9.17, 15) is 4.79 Å². The second kappa shape index (κ2) is 4.60. The Bertz CT molecular complexity index is 747. The molecule has 0 fully saturated rings. The smallest absolute Gasteiger partial charge is 0.282 e. The molecule has 0 aromatic carbocycles. The SMILES string of the molecule is O=c1c(Br)c(Br)cnn1Cc1cn2ccsc2n1. The van der Waals surface area contributed by atoms with E-state index in [2.05, 4.69) is 41.9 Å². The van der Waals surface area contributed by atoms with Crippen LogP contribution in [-0.4, -0.2) is 19.2 Å². The highest BCUT2D eigenvalue weighted by Gasteiger charge is 2.09. The molecule has 3 heterocycles. The molecule has 92 valence electrons. The maximum atomic E-state index is 11.9. The zero-order valence-corrected chi connectivity index (χ0v) is 12.9. The van der Waals surface area contributed by atoms with Gasteiger partial charge in [0, 0.05) is 17.8 Å². The lowest BCUT2D eigenvalue weighted by molar-refractivity contribution is 0.624. The van der Waals surface area contributed by atoms with Crippen LogP contribution in [0, 0.1) is 0 Å². The van der Waals surface area contributed by atoms with Crippen molar-refractivity contribution >= 4 is 48.2 Å². The Kier molecular flexibility index (Phi) is 3.08. The van der Waals surface area contributed by atoms with Crippen LogP contribution in [0.1, 0.15) is 5.69 Å². The molecule has 0 aliphatic heterocycles. The van der Waals surface area contributed by atoms with E-state index in [1.54, 1.807) is 17.5 Å². The summed E-state index contributed by atoms with van der Waals surface area (Å²) < 4.78 is 4.42. The minimum Gasteiger partial charge on any atom is -0.297 e. The number of rotatable bonds is 2. The van der Waals surface area contributed by atoms with E-state index in [4.69, 9.17) is 0 Å². The molecule has 3 aromatic heterocycles. The van der Waals surface area contributed by atoms with Crippen molar-refractivity contribution in [3.8, 4) is 0 Å². The first kappa shape index (κ1) is 12.1. The van der Waals surface area contributed by atoms with Gasteiger partial charge in [-0.15, -0.1) is 11.3 Å². The molecule has 0 radical (unpaired) electrons. The Balaban J connectivity index is 2.00. The van der Waals surface area contributed by atoms with Crippen LogP contribution < -0.4 is 5.56 Å². The molecule has 3 rings (SSSR count). The minimum absolute atomic E-state index is 0.180. The second-order valence-electron chi connectivity index (χ2n) is 3.59. The fraction of sp³-hybridized carbons (Fsp3) is 0.100. The van der Waals surface area contributed by atoms with Gasteiger partial charge in [0.05, 0.1) is 22.9 Å². The van der Waals surface area contributed by atoms with E-state index < -0.39 is 0 Å². The monoisotopic (exact) mass is 388 g/mol. The quantitative estimate of drug-likeness (QED) is 0.676. The maximum absolute atomic E-state index is 11.9. The Labute approximate surface area is 122 Å². The van der Waals surface area contributed by atoms with Gasteiger partial charge in [-0.1, -0.05) is 0 Å². The molecule has 0 saturated heterocycles. The second-order valence-corrected chi connectivity index (χ2v) is 6.11. The van der Waals surface area contributed by atoms with Crippen molar-refractivity contribution in [2.24, 2.45) is 0 Å². The summed E-state index contributed by atoms with van der Waals surface area (Å²) in [6, 6.07) is 0. The third kappa shape index (κ3) is 2.04. The fourth-order valence-corrected chi connectivity index (χ4v) is 2.85. The Morgan fingerprint density at radius 1 is 1.39 bits per heavy atom. The van der Waals surface area contributed by atoms with E-state index in [0.29, 0.717) is 15.5 Å². The van der Waals surface area contributed by atoms with Crippen molar-refractivity contribution in [2.45, 2.75) is 6.54 Å². The van der Waals surface area contributed by atoms with Crippen LogP contribution in [0.2, 0.25) is 0 Å². The zero-order valence-electron chi connectivity index (χ0n) is 8.88. The Morgan fingerprint density at radius 3 is 3.00 bits per heavy atom. The van der Waals surface area contributed by atoms with Crippen LogP contribution >= 0.6 is 43.2 Å². The van der Waals surface area contributed by atoms with Crippen molar-refractivity contribution in [3.63, 3.8) is 0 Å². The van der Waals surface area contributed by atoms with E-state index in [1.807, 2.05) is 22.2 Å². The molecule has 8 heteroatoms. The highest BCUT2D eigenvalue weighted by Crippen LogP contribution is 2.17. The van der Waals surface area contributed by atoms with Gasteiger partial charge in [0.25, 0.3) is 5.56 Å².